The van der Waals surface area contributed by atoms with E-state index >= 15 is 0 Å². The number of aromatic nitrogens is 1. The van der Waals surface area contributed by atoms with Crippen molar-refractivity contribution in [3.63, 3.8) is 0 Å². The van der Waals surface area contributed by atoms with Gasteiger partial charge in [-0.2, -0.15) is 0 Å². The summed E-state index contributed by atoms with van der Waals surface area (Å²) in [5, 5.41) is 12.7. The molecule has 1 saturated heterocycles. The maximum absolute atomic E-state index is 13.7. The Morgan fingerprint density at radius 2 is 1.66 bits per heavy atom. The number of aliphatic hydroxyl groups excluding tert-OH is 1. The summed E-state index contributed by atoms with van der Waals surface area (Å²) in [6, 6.07) is 20.7. The van der Waals surface area contributed by atoms with E-state index < -0.39 is 17.7 Å². The number of H-pyrrole nitrogens is 1. The van der Waals surface area contributed by atoms with Crippen LogP contribution in [0, 0.1) is 6.92 Å². The van der Waals surface area contributed by atoms with Gasteiger partial charge in [0.2, 0.25) is 0 Å². The molecule has 0 bridgehead atoms. The highest BCUT2D eigenvalue weighted by atomic mass is 16.3. The molecule has 3 aromatic carbocycles. The second-order valence-corrected chi connectivity index (χ2v) is 11.5. The molecule has 1 amide bonds. The van der Waals surface area contributed by atoms with Gasteiger partial charge < -0.3 is 10.1 Å². The van der Waals surface area contributed by atoms with Crippen LogP contribution >= 0.6 is 0 Å². The Bertz CT molecular complexity index is 1580. The third-order valence-corrected chi connectivity index (χ3v) is 7.56. The van der Waals surface area contributed by atoms with Crippen LogP contribution in [0.2, 0.25) is 0 Å². The van der Waals surface area contributed by atoms with Gasteiger partial charge in [0.1, 0.15) is 5.76 Å². The van der Waals surface area contributed by atoms with Gasteiger partial charge in [0.05, 0.1) is 11.6 Å². The first-order valence-electron chi connectivity index (χ1n) is 13.1. The van der Waals surface area contributed by atoms with Crippen molar-refractivity contribution in [3.05, 3.63) is 106 Å². The Kier molecular flexibility index (Phi) is 6.26. The van der Waals surface area contributed by atoms with Gasteiger partial charge in [-0.1, -0.05) is 77.1 Å². The topological polar surface area (TPSA) is 73.4 Å². The van der Waals surface area contributed by atoms with Crippen LogP contribution in [0.4, 0.5) is 5.69 Å². The number of hydrogen-bond acceptors (Lipinski definition) is 3. The zero-order chi connectivity index (χ0) is 27.4. The fourth-order valence-corrected chi connectivity index (χ4v) is 5.22. The Morgan fingerprint density at radius 3 is 2.32 bits per heavy atom. The first-order valence-corrected chi connectivity index (χ1v) is 13.1. The Morgan fingerprint density at radius 1 is 0.974 bits per heavy atom. The standard InChI is InChI=1S/C33H34N2O3/c1-19(2)21-12-15-23(16-13-21)35-29(26-18-34-27-10-8-7-9-24(26)27)28(31(37)32(35)38)30(36)25-17-22(33(4,5)6)14-11-20(25)3/h7-19,29,34,36H,1-6H3/b30-28+. The number of ketones is 1. The number of carbonyl (C=O) groups is 2. The SMILES string of the molecule is Cc1ccc(C(C)(C)C)cc1/C(O)=C1\C(=O)C(=O)N(c2ccc(C(C)C)cc2)C1c1c[nH]c2ccccc12. The van der Waals surface area contributed by atoms with Gasteiger partial charge in [0.15, 0.2) is 0 Å². The van der Waals surface area contributed by atoms with Crippen molar-refractivity contribution < 1.29 is 14.7 Å². The number of nitrogens with zero attached hydrogens (tertiary/aromatic N) is 1. The van der Waals surface area contributed by atoms with Gasteiger partial charge in [-0.3, -0.25) is 14.5 Å². The van der Waals surface area contributed by atoms with Gasteiger partial charge in [-0.25, -0.2) is 0 Å². The number of aromatic amines is 1. The highest BCUT2D eigenvalue weighted by Gasteiger charge is 2.48. The van der Waals surface area contributed by atoms with Gasteiger partial charge in [-0.05, 0) is 59.2 Å². The number of aliphatic hydroxyl groups is 1. The summed E-state index contributed by atoms with van der Waals surface area (Å²) in [6.45, 7) is 12.4. The Balaban J connectivity index is 1.77. The van der Waals surface area contributed by atoms with Crippen LogP contribution in [0.25, 0.3) is 16.7 Å². The van der Waals surface area contributed by atoms with Crippen molar-refractivity contribution in [1.82, 2.24) is 4.98 Å². The normalized spacial score (nSPS) is 17.7. The second-order valence-electron chi connectivity index (χ2n) is 11.5. The molecule has 0 radical (unpaired) electrons. The van der Waals surface area contributed by atoms with E-state index in [0.29, 0.717) is 17.2 Å². The van der Waals surface area contributed by atoms with E-state index in [1.807, 2.05) is 79.9 Å². The average Bonchev–Trinajstić information content (AvgIpc) is 3.41. The maximum atomic E-state index is 13.7. The molecule has 1 aliphatic rings. The lowest BCUT2D eigenvalue weighted by Crippen LogP contribution is -2.29. The summed E-state index contributed by atoms with van der Waals surface area (Å²) >= 11 is 0. The third-order valence-electron chi connectivity index (χ3n) is 7.56. The van der Waals surface area contributed by atoms with Crippen molar-refractivity contribution in [1.29, 1.82) is 0 Å². The third kappa shape index (κ3) is 4.22. The molecule has 4 aromatic rings. The van der Waals surface area contributed by atoms with Crippen molar-refractivity contribution in [2.24, 2.45) is 0 Å². The quantitative estimate of drug-likeness (QED) is 0.171. The summed E-state index contributed by atoms with van der Waals surface area (Å²) in [4.78, 5) is 32.1. The number of rotatable bonds is 4. The van der Waals surface area contributed by atoms with Crippen LogP contribution < -0.4 is 4.90 Å². The first-order chi connectivity index (χ1) is 18.0. The van der Waals surface area contributed by atoms with E-state index in [2.05, 4.69) is 39.6 Å². The summed E-state index contributed by atoms with van der Waals surface area (Å²) in [7, 11) is 0. The van der Waals surface area contributed by atoms with Crippen molar-refractivity contribution >= 4 is 34.0 Å². The lowest BCUT2D eigenvalue weighted by atomic mass is 9.84. The number of carbonyl (C=O) groups excluding carboxylic acids is 2. The van der Waals surface area contributed by atoms with Gasteiger partial charge in [-0.15, -0.1) is 0 Å². The fourth-order valence-electron chi connectivity index (χ4n) is 5.22. The molecular weight excluding hydrogens is 472 g/mol. The van der Waals surface area contributed by atoms with Crippen LogP contribution in [0.1, 0.15) is 74.4 Å². The lowest BCUT2D eigenvalue weighted by Gasteiger charge is -2.26. The highest BCUT2D eigenvalue weighted by Crippen LogP contribution is 2.45. The summed E-state index contributed by atoms with van der Waals surface area (Å²) in [6.07, 6.45) is 1.84. The summed E-state index contributed by atoms with van der Waals surface area (Å²) in [5.74, 6) is -1.15. The number of para-hydroxylation sites is 1. The van der Waals surface area contributed by atoms with E-state index in [1.54, 1.807) is 0 Å². The van der Waals surface area contributed by atoms with Crippen molar-refractivity contribution in [2.45, 2.75) is 58.9 Å². The minimum absolute atomic E-state index is 0.0989. The van der Waals surface area contributed by atoms with Crippen LogP contribution in [0.5, 0.6) is 0 Å². The molecule has 5 heteroatoms. The molecule has 1 atom stereocenters. The molecule has 0 aliphatic carbocycles. The molecule has 194 valence electrons. The molecule has 38 heavy (non-hydrogen) atoms. The predicted octanol–water partition coefficient (Wildman–Crippen LogP) is 7.52. The van der Waals surface area contributed by atoms with E-state index in [4.69, 9.17) is 0 Å². The molecular formula is C33H34N2O3. The number of nitrogens with one attached hydrogen (secondary N) is 1. The lowest BCUT2D eigenvalue weighted by molar-refractivity contribution is -0.132. The minimum atomic E-state index is -0.784. The van der Waals surface area contributed by atoms with Gasteiger partial charge >= 0.3 is 0 Å². The number of aryl methyl sites for hydroxylation is 1. The fraction of sp³-hybridized carbons (Fsp3) is 0.273. The molecule has 1 aromatic heterocycles. The molecule has 0 spiro atoms. The highest BCUT2D eigenvalue weighted by molar-refractivity contribution is 6.52. The van der Waals surface area contributed by atoms with Gasteiger partial charge in [0.25, 0.3) is 11.7 Å². The smallest absolute Gasteiger partial charge is 0.300 e. The van der Waals surface area contributed by atoms with E-state index in [9.17, 15) is 14.7 Å². The number of fused-ring (bicyclic) bond motifs is 1. The zero-order valence-electron chi connectivity index (χ0n) is 22.8. The molecule has 1 fully saturated rings. The summed E-state index contributed by atoms with van der Waals surface area (Å²) < 4.78 is 0. The zero-order valence-corrected chi connectivity index (χ0v) is 22.8. The largest absolute Gasteiger partial charge is 0.507 e. The second kappa shape index (κ2) is 9.32. The number of hydrogen-bond donors (Lipinski definition) is 2. The van der Waals surface area contributed by atoms with Crippen molar-refractivity contribution in [3.8, 4) is 0 Å². The van der Waals surface area contributed by atoms with Crippen LogP contribution in [-0.4, -0.2) is 21.8 Å². The molecule has 2 heterocycles. The molecule has 5 nitrogen and oxygen atoms in total. The Hall–Kier alpha value is -4.12. The predicted molar refractivity (Wildman–Crippen MR) is 153 cm³/mol. The molecule has 5 rings (SSSR count). The maximum Gasteiger partial charge on any atom is 0.300 e. The minimum Gasteiger partial charge on any atom is -0.507 e. The molecule has 1 unspecified atom stereocenters. The molecule has 0 saturated carbocycles. The van der Waals surface area contributed by atoms with Crippen LogP contribution in [-0.2, 0) is 15.0 Å². The monoisotopic (exact) mass is 506 g/mol. The first kappa shape index (κ1) is 25.5. The van der Waals surface area contributed by atoms with Gasteiger partial charge in [0, 0.05) is 33.9 Å². The molecule has 1 aliphatic heterocycles. The number of anilines is 1. The van der Waals surface area contributed by atoms with E-state index in [1.165, 1.54) is 4.90 Å². The number of Topliss-reactive ketones (excluding diaryl/α,β-unsaturated/α-hetero) is 1. The molecule has 2 N–H and O–H groups in total. The Labute approximate surface area is 223 Å². The van der Waals surface area contributed by atoms with E-state index in [0.717, 1.165) is 33.2 Å². The number of benzene rings is 3. The number of amides is 1. The average molecular weight is 507 g/mol. The van der Waals surface area contributed by atoms with Crippen molar-refractivity contribution in [2.75, 3.05) is 4.90 Å². The van der Waals surface area contributed by atoms with E-state index in [-0.39, 0.29) is 16.7 Å². The summed E-state index contributed by atoms with van der Waals surface area (Å²) in [5.41, 5.74) is 5.80. The van der Waals surface area contributed by atoms with Crippen LogP contribution in [0.3, 0.4) is 0 Å². The van der Waals surface area contributed by atoms with Crippen LogP contribution in [0.15, 0.2) is 78.5 Å².